The van der Waals surface area contributed by atoms with Crippen LogP contribution in [0.5, 0.6) is 5.75 Å². The van der Waals surface area contributed by atoms with Crippen LogP contribution in [0.15, 0.2) is 63.6 Å². The Bertz CT molecular complexity index is 1490. The van der Waals surface area contributed by atoms with Gasteiger partial charge in [-0.3, -0.25) is 14.2 Å². The molecule has 0 atom stereocenters. The van der Waals surface area contributed by atoms with Crippen LogP contribution in [0, 0.1) is 6.92 Å². The zero-order chi connectivity index (χ0) is 25.1. The average molecular weight is 519 g/mol. The lowest BCUT2D eigenvalue weighted by Crippen LogP contribution is -2.24. The highest BCUT2D eigenvalue weighted by Gasteiger charge is 2.23. The molecule has 0 aliphatic heterocycles. The van der Waals surface area contributed by atoms with Crippen LogP contribution in [-0.4, -0.2) is 34.5 Å². The molecule has 0 unspecified atom stereocenters. The first-order valence-electron chi connectivity index (χ1n) is 11.8. The highest BCUT2D eigenvalue weighted by atomic mass is 32.2. The summed E-state index contributed by atoms with van der Waals surface area (Å²) in [7, 11) is 1.60. The third-order valence-corrected chi connectivity index (χ3v) is 8.23. The number of carbonyl (C=O) groups is 1. The predicted octanol–water partition coefficient (Wildman–Crippen LogP) is 4.89. The molecular formula is C27H26N4O3S2. The molecule has 184 valence electrons. The summed E-state index contributed by atoms with van der Waals surface area (Å²) in [5.41, 5.74) is 6.35. The number of aromatic nitrogens is 2. The van der Waals surface area contributed by atoms with Gasteiger partial charge in [0.25, 0.3) is 11.5 Å². The highest BCUT2D eigenvalue weighted by Crippen LogP contribution is 2.35. The molecule has 0 saturated carbocycles. The molecule has 1 aliphatic rings. The SMILES string of the molecule is COc1ccc(-n2c(SCC(=O)NN=Cc3ccc(C)cc3)nc3sc4c(c3c2=O)CCCC4)cc1. The van der Waals surface area contributed by atoms with Crippen molar-refractivity contribution in [3.05, 3.63) is 80.5 Å². The highest BCUT2D eigenvalue weighted by molar-refractivity contribution is 7.99. The van der Waals surface area contributed by atoms with Gasteiger partial charge in [0.2, 0.25) is 0 Å². The second kappa shape index (κ2) is 10.7. The molecule has 0 bridgehead atoms. The molecule has 0 radical (unpaired) electrons. The normalized spacial score (nSPS) is 13.2. The molecule has 1 amide bonds. The van der Waals surface area contributed by atoms with E-state index >= 15 is 0 Å². The van der Waals surface area contributed by atoms with Gasteiger partial charge in [0.15, 0.2) is 5.16 Å². The quantitative estimate of drug-likeness (QED) is 0.163. The van der Waals surface area contributed by atoms with Gasteiger partial charge in [-0.25, -0.2) is 10.4 Å². The molecular weight excluding hydrogens is 492 g/mol. The van der Waals surface area contributed by atoms with Crippen LogP contribution in [0.1, 0.15) is 34.4 Å². The maximum atomic E-state index is 13.8. The molecule has 7 nitrogen and oxygen atoms in total. The second-order valence-electron chi connectivity index (χ2n) is 8.62. The Balaban J connectivity index is 1.43. The van der Waals surface area contributed by atoms with Crippen molar-refractivity contribution in [1.29, 1.82) is 0 Å². The molecule has 2 aromatic heterocycles. The van der Waals surface area contributed by atoms with E-state index in [0.29, 0.717) is 22.0 Å². The molecule has 4 aromatic rings. The number of ether oxygens (including phenoxy) is 1. The molecule has 0 saturated heterocycles. The third kappa shape index (κ3) is 5.08. The van der Waals surface area contributed by atoms with Gasteiger partial charge in [0, 0.05) is 4.88 Å². The molecule has 0 spiro atoms. The number of benzene rings is 2. The molecule has 5 rings (SSSR count). The largest absolute Gasteiger partial charge is 0.497 e. The lowest BCUT2D eigenvalue weighted by Gasteiger charge is -2.14. The number of thiophene rings is 1. The smallest absolute Gasteiger partial charge is 0.267 e. The number of hydrazone groups is 1. The Labute approximate surface area is 217 Å². The summed E-state index contributed by atoms with van der Waals surface area (Å²) in [6.07, 6.45) is 5.72. The first kappa shape index (κ1) is 24.3. The standard InChI is InChI=1S/C27H26N4O3S2/c1-17-7-9-18(10-8-17)15-28-30-23(32)16-35-27-29-25-24(21-5-3-4-6-22(21)36-25)26(33)31(27)19-11-13-20(34-2)14-12-19/h7-15H,3-6,16H2,1-2H3,(H,30,32). The summed E-state index contributed by atoms with van der Waals surface area (Å²) in [6.45, 7) is 2.02. The number of amides is 1. The second-order valence-corrected chi connectivity index (χ2v) is 10.6. The van der Waals surface area contributed by atoms with Crippen molar-refractivity contribution in [2.45, 2.75) is 37.8 Å². The van der Waals surface area contributed by atoms with E-state index in [0.717, 1.165) is 47.2 Å². The predicted molar refractivity (Wildman–Crippen MR) is 146 cm³/mol. The van der Waals surface area contributed by atoms with Gasteiger partial charge in [-0.2, -0.15) is 5.10 Å². The van der Waals surface area contributed by atoms with E-state index in [9.17, 15) is 9.59 Å². The molecule has 2 aromatic carbocycles. The monoisotopic (exact) mass is 518 g/mol. The number of carbonyl (C=O) groups excluding carboxylic acids is 1. The topological polar surface area (TPSA) is 85.6 Å². The summed E-state index contributed by atoms with van der Waals surface area (Å²) >= 11 is 2.83. The van der Waals surface area contributed by atoms with Crippen LogP contribution in [0.4, 0.5) is 0 Å². The number of hydrogen-bond acceptors (Lipinski definition) is 7. The minimum absolute atomic E-state index is 0.0738. The number of nitrogens with one attached hydrogen (secondary N) is 1. The van der Waals surface area contributed by atoms with Crippen LogP contribution in [0.2, 0.25) is 0 Å². The lowest BCUT2D eigenvalue weighted by molar-refractivity contribution is -0.118. The number of aryl methyl sites for hydroxylation is 3. The van der Waals surface area contributed by atoms with Gasteiger partial charge in [-0.1, -0.05) is 41.6 Å². The zero-order valence-corrected chi connectivity index (χ0v) is 21.7. The third-order valence-electron chi connectivity index (χ3n) is 6.10. The van der Waals surface area contributed by atoms with Crippen LogP contribution < -0.4 is 15.7 Å². The van der Waals surface area contributed by atoms with Crippen molar-refractivity contribution in [1.82, 2.24) is 15.0 Å². The number of methoxy groups -OCH3 is 1. The van der Waals surface area contributed by atoms with Crippen LogP contribution in [0.25, 0.3) is 15.9 Å². The van der Waals surface area contributed by atoms with Gasteiger partial charge in [0.05, 0.1) is 30.2 Å². The summed E-state index contributed by atoms with van der Waals surface area (Å²) < 4.78 is 6.89. The summed E-state index contributed by atoms with van der Waals surface area (Å²) in [4.78, 5) is 33.2. The van der Waals surface area contributed by atoms with Gasteiger partial charge < -0.3 is 4.74 Å². The van der Waals surface area contributed by atoms with Gasteiger partial charge in [-0.15, -0.1) is 11.3 Å². The van der Waals surface area contributed by atoms with Gasteiger partial charge in [-0.05, 0) is 68.0 Å². The fourth-order valence-corrected chi connectivity index (χ4v) is 6.34. The number of rotatable bonds is 7. The van der Waals surface area contributed by atoms with Gasteiger partial charge in [0.1, 0.15) is 10.6 Å². The maximum Gasteiger partial charge on any atom is 0.267 e. The lowest BCUT2D eigenvalue weighted by atomic mass is 9.97. The van der Waals surface area contributed by atoms with E-state index < -0.39 is 0 Å². The van der Waals surface area contributed by atoms with E-state index in [4.69, 9.17) is 9.72 Å². The van der Waals surface area contributed by atoms with E-state index in [-0.39, 0.29) is 17.2 Å². The minimum Gasteiger partial charge on any atom is -0.497 e. The Morgan fingerprint density at radius 3 is 2.67 bits per heavy atom. The van der Waals surface area contributed by atoms with E-state index in [1.54, 1.807) is 29.2 Å². The first-order chi connectivity index (χ1) is 17.5. The average Bonchev–Trinajstić information content (AvgIpc) is 3.27. The minimum atomic E-state index is -0.274. The maximum absolute atomic E-state index is 13.8. The summed E-state index contributed by atoms with van der Waals surface area (Å²) in [5, 5.41) is 5.25. The van der Waals surface area contributed by atoms with E-state index in [1.807, 2.05) is 55.5 Å². The Morgan fingerprint density at radius 2 is 1.92 bits per heavy atom. The van der Waals surface area contributed by atoms with Crippen molar-refractivity contribution < 1.29 is 9.53 Å². The molecule has 1 N–H and O–H groups in total. The molecule has 0 fully saturated rings. The van der Waals surface area contributed by atoms with Crippen molar-refractivity contribution in [3.63, 3.8) is 0 Å². The molecule has 2 heterocycles. The summed E-state index contributed by atoms with van der Waals surface area (Å²) in [6, 6.07) is 15.2. The Hall–Kier alpha value is -3.43. The number of nitrogens with zero attached hydrogens (tertiary/aromatic N) is 3. The fourth-order valence-electron chi connectivity index (χ4n) is 4.24. The van der Waals surface area contributed by atoms with Crippen molar-refractivity contribution >= 4 is 45.4 Å². The number of hydrogen-bond donors (Lipinski definition) is 1. The van der Waals surface area contributed by atoms with Crippen molar-refractivity contribution in [2.24, 2.45) is 5.10 Å². The number of thioether (sulfide) groups is 1. The van der Waals surface area contributed by atoms with Crippen LogP contribution in [-0.2, 0) is 17.6 Å². The fraction of sp³-hybridized carbons (Fsp3) is 0.259. The molecule has 1 aliphatic carbocycles. The van der Waals surface area contributed by atoms with Crippen LogP contribution in [0.3, 0.4) is 0 Å². The van der Waals surface area contributed by atoms with Crippen LogP contribution >= 0.6 is 23.1 Å². The Morgan fingerprint density at radius 1 is 1.17 bits per heavy atom. The van der Waals surface area contributed by atoms with E-state index in [1.165, 1.54) is 16.6 Å². The zero-order valence-electron chi connectivity index (χ0n) is 20.1. The number of fused-ring (bicyclic) bond motifs is 3. The van der Waals surface area contributed by atoms with Crippen molar-refractivity contribution in [2.75, 3.05) is 12.9 Å². The Kier molecular flexibility index (Phi) is 7.20. The van der Waals surface area contributed by atoms with Crippen molar-refractivity contribution in [3.8, 4) is 11.4 Å². The summed E-state index contributed by atoms with van der Waals surface area (Å²) in [5.74, 6) is 0.503. The molecule has 36 heavy (non-hydrogen) atoms. The van der Waals surface area contributed by atoms with E-state index in [2.05, 4.69) is 10.5 Å². The van der Waals surface area contributed by atoms with Gasteiger partial charge >= 0.3 is 0 Å². The first-order valence-corrected chi connectivity index (χ1v) is 13.6. The molecule has 9 heteroatoms.